The van der Waals surface area contributed by atoms with Crippen LogP contribution in [0.3, 0.4) is 0 Å². The molecular weight excluding hydrogens is 441 g/mol. The molecule has 0 radical (unpaired) electrons. The second kappa shape index (κ2) is 13.1. The first-order chi connectivity index (χ1) is 16.4. The molecule has 0 unspecified atom stereocenters. The molecule has 0 bridgehead atoms. The third-order valence-corrected chi connectivity index (χ3v) is 10.1. The number of ether oxygens (including phenoxy) is 2. The molecule has 0 spiro atoms. The Kier molecular flexibility index (Phi) is 10.2. The van der Waals surface area contributed by atoms with Gasteiger partial charge in [-0.2, -0.15) is 0 Å². The Labute approximate surface area is 206 Å². The number of halogens is 1. The Balaban J connectivity index is 1.60. The maximum atomic E-state index is 15.2. The number of hydrogen-bond acceptors (Lipinski definition) is 3. The molecule has 3 rings (SSSR count). The summed E-state index contributed by atoms with van der Waals surface area (Å²) in [5.41, 5.74) is 0.821. The monoisotopic (exact) mass is 483 g/mol. The van der Waals surface area contributed by atoms with E-state index in [1.807, 2.05) is 24.3 Å². The van der Waals surface area contributed by atoms with Gasteiger partial charge in [0, 0.05) is 24.9 Å². The number of rotatable bonds is 15. The van der Waals surface area contributed by atoms with Crippen LogP contribution >= 0.6 is 0 Å². The summed E-state index contributed by atoms with van der Waals surface area (Å²) in [5.74, 6) is 0.687. The van der Waals surface area contributed by atoms with Crippen molar-refractivity contribution in [1.29, 1.82) is 0 Å². The summed E-state index contributed by atoms with van der Waals surface area (Å²) in [4.78, 5) is 4.63. The van der Waals surface area contributed by atoms with Crippen molar-refractivity contribution in [3.63, 3.8) is 0 Å². The Morgan fingerprint density at radius 2 is 1.38 bits per heavy atom. The lowest BCUT2D eigenvalue weighted by atomic mass is 10.0. The molecule has 2 aromatic carbocycles. The van der Waals surface area contributed by atoms with Crippen LogP contribution in [0.25, 0.3) is 21.7 Å². The van der Waals surface area contributed by atoms with Gasteiger partial charge < -0.3 is 9.47 Å². The van der Waals surface area contributed by atoms with E-state index in [1.165, 1.54) is 44.2 Å². The summed E-state index contributed by atoms with van der Waals surface area (Å²) in [7, 11) is -1.09. The number of unbranched alkanes of at least 4 members (excludes halogenated alkanes) is 5. The normalized spacial score (nSPS) is 11.9. The molecule has 0 atom stereocenters. The average molecular weight is 484 g/mol. The fraction of sp³-hybridized carbons (Fsp3) is 0.552. The summed E-state index contributed by atoms with van der Waals surface area (Å²) in [5, 5.41) is 2.36. The van der Waals surface area contributed by atoms with Gasteiger partial charge in [0.15, 0.2) is 11.6 Å². The molecule has 1 heterocycles. The fourth-order valence-electron chi connectivity index (χ4n) is 4.51. The van der Waals surface area contributed by atoms with E-state index in [2.05, 4.69) is 31.9 Å². The third kappa shape index (κ3) is 7.43. The van der Waals surface area contributed by atoms with E-state index in [9.17, 15) is 0 Å². The van der Waals surface area contributed by atoms with Crippen molar-refractivity contribution in [1.82, 2.24) is 4.98 Å². The van der Waals surface area contributed by atoms with E-state index in [4.69, 9.17) is 9.47 Å². The number of benzene rings is 2. The molecule has 0 aliphatic carbocycles. The number of hydrogen-bond donors (Lipinski definition) is 0. The third-order valence-electron chi connectivity index (χ3n) is 6.70. The van der Waals surface area contributed by atoms with Crippen LogP contribution in [0, 0.1) is 5.82 Å². The predicted octanol–water partition coefficient (Wildman–Crippen LogP) is 9.15. The molecular formula is C29H42FNO2Si. The molecule has 3 nitrogen and oxygen atoms in total. The highest BCUT2D eigenvalue weighted by Crippen LogP contribution is 2.32. The molecule has 0 saturated carbocycles. The molecule has 0 saturated heterocycles. The smallest absolute Gasteiger partial charge is 0.213 e. The van der Waals surface area contributed by atoms with Gasteiger partial charge in [-0.05, 0) is 48.6 Å². The van der Waals surface area contributed by atoms with Crippen LogP contribution in [-0.4, -0.2) is 26.3 Å². The molecule has 0 aliphatic heterocycles. The summed E-state index contributed by atoms with van der Waals surface area (Å²) >= 11 is 0. The lowest BCUT2D eigenvalue weighted by Gasteiger charge is -2.21. The van der Waals surface area contributed by atoms with Gasteiger partial charge in [-0.15, -0.1) is 0 Å². The van der Waals surface area contributed by atoms with Crippen LogP contribution < -0.4 is 9.47 Å². The van der Waals surface area contributed by atoms with Gasteiger partial charge in [0.2, 0.25) is 5.88 Å². The zero-order chi connectivity index (χ0) is 24.4. The van der Waals surface area contributed by atoms with Gasteiger partial charge in [0.05, 0.1) is 18.7 Å². The van der Waals surface area contributed by atoms with Gasteiger partial charge in [-0.3, -0.25) is 0 Å². The van der Waals surface area contributed by atoms with Crippen LogP contribution in [0.15, 0.2) is 36.4 Å². The quantitative estimate of drug-likeness (QED) is 0.123. The van der Waals surface area contributed by atoms with Gasteiger partial charge >= 0.3 is 0 Å². The molecule has 0 N–H and O–H groups in total. The molecule has 186 valence electrons. The Hall–Kier alpha value is -2.14. The van der Waals surface area contributed by atoms with Crippen molar-refractivity contribution in [2.24, 2.45) is 0 Å². The highest BCUT2D eigenvalue weighted by molar-refractivity contribution is 6.77. The van der Waals surface area contributed by atoms with Crippen molar-refractivity contribution in [3.8, 4) is 11.6 Å². The topological polar surface area (TPSA) is 31.4 Å². The van der Waals surface area contributed by atoms with Crippen molar-refractivity contribution >= 4 is 29.7 Å². The first-order valence-corrected chi connectivity index (χ1v) is 16.6. The second-order valence-corrected chi connectivity index (χ2v) is 15.6. The summed E-state index contributed by atoms with van der Waals surface area (Å²) in [6.45, 7) is 10.7. The number of nitrogens with zero attached hydrogens (tertiary/aromatic N) is 1. The van der Waals surface area contributed by atoms with Crippen molar-refractivity contribution in [3.05, 3.63) is 42.2 Å². The van der Waals surface area contributed by atoms with E-state index in [1.54, 1.807) is 12.1 Å². The zero-order valence-electron chi connectivity index (χ0n) is 21.6. The predicted molar refractivity (Wildman–Crippen MR) is 146 cm³/mol. The highest BCUT2D eigenvalue weighted by Gasteiger charge is 2.19. The minimum atomic E-state index is -1.09. The van der Waals surface area contributed by atoms with E-state index in [0.29, 0.717) is 30.2 Å². The molecule has 0 fully saturated rings. The lowest BCUT2D eigenvalue weighted by molar-refractivity contribution is 0.295. The van der Waals surface area contributed by atoms with Gasteiger partial charge in [-0.25, -0.2) is 9.37 Å². The van der Waals surface area contributed by atoms with Crippen molar-refractivity contribution < 1.29 is 13.9 Å². The van der Waals surface area contributed by atoms with Crippen LogP contribution in [-0.2, 0) is 0 Å². The number of aromatic nitrogens is 1. The van der Waals surface area contributed by atoms with Crippen molar-refractivity contribution in [2.45, 2.75) is 90.4 Å². The standard InChI is InChI=1S/C29H42FNO2Si/c1-5-7-9-10-20-33-28-18-15-24-23-14-17-27(29(30)25(23)13-16-26(24)31-28)32-19-11-12-22-34(3,4)21-8-6-2/h13-18H,5-12,19-22H2,1-4H3. The van der Waals surface area contributed by atoms with Crippen molar-refractivity contribution in [2.75, 3.05) is 13.2 Å². The maximum Gasteiger partial charge on any atom is 0.213 e. The molecule has 3 aromatic rings. The summed E-state index contributed by atoms with van der Waals surface area (Å²) < 4.78 is 26.9. The van der Waals surface area contributed by atoms with E-state index in [-0.39, 0.29) is 5.82 Å². The highest BCUT2D eigenvalue weighted by atomic mass is 28.3. The first kappa shape index (κ1) is 26.5. The molecule has 0 aliphatic rings. The lowest BCUT2D eigenvalue weighted by Crippen LogP contribution is -2.24. The number of fused-ring (bicyclic) bond motifs is 3. The fourth-order valence-corrected chi connectivity index (χ4v) is 7.28. The average Bonchev–Trinajstić information content (AvgIpc) is 2.83. The second-order valence-electron chi connectivity index (χ2n) is 10.2. The van der Waals surface area contributed by atoms with Crippen LogP contribution in [0.5, 0.6) is 11.6 Å². The molecule has 34 heavy (non-hydrogen) atoms. The van der Waals surface area contributed by atoms with Crippen LogP contribution in [0.1, 0.15) is 65.2 Å². The SMILES string of the molecule is CCCCCCOc1ccc2c(ccc3c(F)c(OCCCC[Si](C)(C)CCCC)ccc32)n1. The Bertz CT molecular complexity index is 1050. The Morgan fingerprint density at radius 1 is 0.706 bits per heavy atom. The van der Waals surface area contributed by atoms with E-state index in [0.717, 1.165) is 35.6 Å². The summed E-state index contributed by atoms with van der Waals surface area (Å²) in [6.07, 6.45) is 9.42. The minimum absolute atomic E-state index is 0.284. The first-order valence-electron chi connectivity index (χ1n) is 13.2. The van der Waals surface area contributed by atoms with Gasteiger partial charge in [0.1, 0.15) is 0 Å². The van der Waals surface area contributed by atoms with Crippen LogP contribution in [0.2, 0.25) is 25.2 Å². The summed E-state index contributed by atoms with van der Waals surface area (Å²) in [6, 6.07) is 14.0. The molecule has 0 amide bonds. The largest absolute Gasteiger partial charge is 0.490 e. The molecule has 1 aromatic heterocycles. The van der Waals surface area contributed by atoms with Gasteiger partial charge in [-0.1, -0.05) is 77.6 Å². The van der Waals surface area contributed by atoms with E-state index >= 15 is 4.39 Å². The number of pyridine rings is 1. The zero-order valence-corrected chi connectivity index (χ0v) is 22.6. The van der Waals surface area contributed by atoms with E-state index < -0.39 is 8.07 Å². The maximum absolute atomic E-state index is 15.2. The molecule has 5 heteroatoms. The minimum Gasteiger partial charge on any atom is -0.490 e. The Morgan fingerprint density at radius 3 is 2.18 bits per heavy atom. The van der Waals surface area contributed by atoms with Gasteiger partial charge in [0.25, 0.3) is 0 Å². The van der Waals surface area contributed by atoms with Crippen LogP contribution in [0.4, 0.5) is 4.39 Å².